The van der Waals surface area contributed by atoms with Crippen molar-refractivity contribution in [2.24, 2.45) is 0 Å². The van der Waals surface area contributed by atoms with E-state index in [0.29, 0.717) is 12.8 Å². The summed E-state index contributed by atoms with van der Waals surface area (Å²) < 4.78 is 9.15. The Labute approximate surface area is 72.9 Å². The van der Waals surface area contributed by atoms with E-state index < -0.39 is 21.2 Å². The quantitative estimate of drug-likeness (QED) is 0.454. The Morgan fingerprint density at radius 3 is 2.25 bits per heavy atom. The van der Waals surface area contributed by atoms with E-state index in [0.717, 1.165) is 0 Å². The Hall–Kier alpha value is 0.230. The van der Waals surface area contributed by atoms with Gasteiger partial charge in [-0.15, -0.1) is 0 Å². The van der Waals surface area contributed by atoms with Gasteiger partial charge < -0.3 is 24.2 Å². The standard InChI is InChI=1S/C6H13O5P/c1-3-5(7)10-6(4-2)11-12(8)9/h5-7H,3-4H2,1-2H3/q-2. The number of hydrogen-bond acceptors (Lipinski definition) is 5. The molecular weight excluding hydrogens is 183 g/mol. The maximum Gasteiger partial charge on any atom is 0.161 e. The fourth-order valence-corrected chi connectivity index (χ4v) is 0.954. The minimum absolute atomic E-state index is 0.375. The summed E-state index contributed by atoms with van der Waals surface area (Å²) in [5, 5.41) is 8.97. The maximum atomic E-state index is 10.1. The highest BCUT2D eigenvalue weighted by Crippen LogP contribution is 2.20. The summed E-state index contributed by atoms with van der Waals surface area (Å²) in [4.78, 5) is 20.2. The van der Waals surface area contributed by atoms with Crippen LogP contribution in [0, 0.1) is 0 Å². The molecule has 2 unspecified atom stereocenters. The average molecular weight is 196 g/mol. The fourth-order valence-electron chi connectivity index (χ4n) is 0.563. The molecule has 5 nitrogen and oxygen atoms in total. The van der Waals surface area contributed by atoms with Crippen molar-refractivity contribution in [1.29, 1.82) is 0 Å². The van der Waals surface area contributed by atoms with Crippen molar-refractivity contribution >= 4 is 8.60 Å². The number of rotatable bonds is 6. The van der Waals surface area contributed by atoms with Crippen LogP contribution in [0.5, 0.6) is 0 Å². The molecule has 0 aromatic heterocycles. The van der Waals surface area contributed by atoms with E-state index in [1.54, 1.807) is 13.8 Å². The van der Waals surface area contributed by atoms with Crippen LogP contribution in [0.1, 0.15) is 26.7 Å². The van der Waals surface area contributed by atoms with Crippen LogP contribution in [0.2, 0.25) is 0 Å². The molecule has 0 aliphatic rings. The summed E-state index contributed by atoms with van der Waals surface area (Å²) in [5.41, 5.74) is 0. The van der Waals surface area contributed by atoms with Gasteiger partial charge in [0.25, 0.3) is 0 Å². The van der Waals surface area contributed by atoms with Gasteiger partial charge in [-0.1, -0.05) is 13.8 Å². The molecule has 6 heteroatoms. The molecule has 0 heterocycles. The Balaban J connectivity index is 3.66. The van der Waals surface area contributed by atoms with E-state index in [1.807, 2.05) is 0 Å². The molecule has 12 heavy (non-hydrogen) atoms. The zero-order valence-electron chi connectivity index (χ0n) is 7.10. The Kier molecular flexibility index (Phi) is 6.84. The molecule has 0 saturated heterocycles. The number of ether oxygens (including phenoxy) is 1. The third-order valence-corrected chi connectivity index (χ3v) is 1.60. The smallest absolute Gasteiger partial charge is 0.161 e. The second-order valence-corrected chi connectivity index (χ2v) is 2.82. The molecule has 0 saturated carbocycles. The lowest BCUT2D eigenvalue weighted by Crippen LogP contribution is -2.25. The largest absolute Gasteiger partial charge is 0.820 e. The van der Waals surface area contributed by atoms with Crippen LogP contribution in [0.3, 0.4) is 0 Å². The summed E-state index contributed by atoms with van der Waals surface area (Å²) in [6.45, 7) is 3.42. The van der Waals surface area contributed by atoms with E-state index in [4.69, 9.17) is 9.84 Å². The van der Waals surface area contributed by atoms with Gasteiger partial charge in [0.05, 0.1) is 0 Å². The molecule has 2 atom stereocenters. The first-order chi connectivity index (χ1) is 5.60. The van der Waals surface area contributed by atoms with Crippen LogP contribution in [0.4, 0.5) is 0 Å². The molecule has 1 N–H and O–H groups in total. The molecule has 0 spiro atoms. The van der Waals surface area contributed by atoms with E-state index in [9.17, 15) is 9.79 Å². The van der Waals surface area contributed by atoms with E-state index in [2.05, 4.69) is 4.52 Å². The van der Waals surface area contributed by atoms with Gasteiger partial charge in [0.2, 0.25) is 0 Å². The Bertz CT molecular complexity index is 110. The average Bonchev–Trinajstić information content (AvgIpc) is 2.02. The van der Waals surface area contributed by atoms with Crippen LogP contribution in [0.15, 0.2) is 0 Å². The second kappa shape index (κ2) is 6.71. The number of aliphatic hydroxyl groups is 1. The lowest BCUT2D eigenvalue weighted by molar-refractivity contribution is -0.335. The van der Waals surface area contributed by atoms with Crippen molar-refractivity contribution < 1.29 is 24.2 Å². The highest BCUT2D eigenvalue weighted by atomic mass is 31.2. The molecule has 0 bridgehead atoms. The van der Waals surface area contributed by atoms with E-state index in [-0.39, 0.29) is 0 Å². The van der Waals surface area contributed by atoms with E-state index in [1.165, 1.54) is 0 Å². The van der Waals surface area contributed by atoms with Crippen LogP contribution in [0.25, 0.3) is 0 Å². The molecule has 0 amide bonds. The summed E-state index contributed by atoms with van der Waals surface area (Å²) >= 11 is 0. The summed E-state index contributed by atoms with van der Waals surface area (Å²) in [6, 6.07) is 0. The molecule has 74 valence electrons. The Morgan fingerprint density at radius 1 is 1.33 bits per heavy atom. The molecule has 0 rings (SSSR count). The monoisotopic (exact) mass is 196 g/mol. The molecular formula is C6H13O5P-2. The van der Waals surface area contributed by atoms with Gasteiger partial charge in [-0.2, -0.15) is 8.60 Å². The van der Waals surface area contributed by atoms with Gasteiger partial charge in [0, 0.05) is 0 Å². The topological polar surface area (TPSA) is 84.8 Å². The Morgan fingerprint density at radius 2 is 1.92 bits per heavy atom. The van der Waals surface area contributed by atoms with Gasteiger partial charge in [0.15, 0.2) is 12.6 Å². The lowest BCUT2D eigenvalue weighted by atomic mass is 10.4. The normalized spacial score (nSPS) is 16.5. The zero-order valence-corrected chi connectivity index (χ0v) is 7.99. The van der Waals surface area contributed by atoms with Crippen molar-refractivity contribution in [3.8, 4) is 0 Å². The maximum absolute atomic E-state index is 10.1. The zero-order chi connectivity index (χ0) is 9.56. The SMILES string of the molecule is CCC(O)OC(CC)OP([O-])[O-]. The molecule has 0 radical (unpaired) electrons. The van der Waals surface area contributed by atoms with Crippen molar-refractivity contribution in [3.63, 3.8) is 0 Å². The third kappa shape index (κ3) is 5.83. The van der Waals surface area contributed by atoms with Crippen LogP contribution in [-0.4, -0.2) is 17.7 Å². The fraction of sp³-hybridized carbons (Fsp3) is 1.00. The molecule has 0 aromatic carbocycles. The van der Waals surface area contributed by atoms with Crippen LogP contribution < -0.4 is 9.79 Å². The number of hydrogen-bond donors (Lipinski definition) is 1. The van der Waals surface area contributed by atoms with Gasteiger partial charge in [-0.05, 0) is 12.8 Å². The summed E-state index contributed by atoms with van der Waals surface area (Å²) in [7, 11) is -2.92. The first kappa shape index (κ1) is 12.2. The van der Waals surface area contributed by atoms with Gasteiger partial charge >= 0.3 is 0 Å². The van der Waals surface area contributed by atoms with E-state index >= 15 is 0 Å². The lowest BCUT2D eigenvalue weighted by Gasteiger charge is -2.34. The molecule has 0 fully saturated rings. The third-order valence-electron chi connectivity index (χ3n) is 1.20. The van der Waals surface area contributed by atoms with Gasteiger partial charge in [-0.3, -0.25) is 0 Å². The van der Waals surface area contributed by atoms with Crippen molar-refractivity contribution in [2.45, 2.75) is 39.3 Å². The van der Waals surface area contributed by atoms with Crippen molar-refractivity contribution in [3.05, 3.63) is 0 Å². The highest BCUT2D eigenvalue weighted by Gasteiger charge is 2.09. The highest BCUT2D eigenvalue weighted by molar-refractivity contribution is 7.36. The number of aliphatic hydroxyl groups excluding tert-OH is 1. The minimum Gasteiger partial charge on any atom is -0.820 e. The van der Waals surface area contributed by atoms with Crippen molar-refractivity contribution in [2.75, 3.05) is 0 Å². The molecule has 0 aromatic rings. The second-order valence-electron chi connectivity index (χ2n) is 2.17. The molecule has 0 aliphatic heterocycles. The summed E-state index contributed by atoms with van der Waals surface area (Å²) in [6.07, 6.45) is -1.07. The first-order valence-corrected chi connectivity index (χ1v) is 4.84. The summed E-state index contributed by atoms with van der Waals surface area (Å²) in [5.74, 6) is 0. The van der Waals surface area contributed by atoms with Crippen molar-refractivity contribution in [1.82, 2.24) is 0 Å². The van der Waals surface area contributed by atoms with Gasteiger partial charge in [0.1, 0.15) is 0 Å². The van der Waals surface area contributed by atoms with Crippen LogP contribution in [-0.2, 0) is 9.26 Å². The van der Waals surface area contributed by atoms with Crippen LogP contribution >= 0.6 is 8.60 Å². The predicted octanol–water partition coefficient (Wildman–Crippen LogP) is -0.568. The predicted molar refractivity (Wildman–Crippen MR) is 39.5 cm³/mol. The molecule has 0 aliphatic carbocycles. The minimum atomic E-state index is -2.92. The van der Waals surface area contributed by atoms with Gasteiger partial charge in [-0.25, -0.2) is 0 Å². The first-order valence-electron chi connectivity index (χ1n) is 3.74.